The minimum Gasteiger partial charge on any atom is -0.342 e. The third-order valence-electron chi connectivity index (χ3n) is 4.32. The maximum atomic E-state index is 12.3. The zero-order chi connectivity index (χ0) is 16.4. The molecule has 1 aliphatic rings. The molecule has 1 aromatic rings. The van der Waals surface area contributed by atoms with Crippen LogP contribution >= 0.6 is 0 Å². The quantitative estimate of drug-likeness (QED) is 0.895. The molecule has 1 fully saturated rings. The normalized spacial score (nSPS) is 21.0. The van der Waals surface area contributed by atoms with Gasteiger partial charge in [0.1, 0.15) is 0 Å². The molecule has 0 spiro atoms. The van der Waals surface area contributed by atoms with E-state index in [1.165, 1.54) is 5.56 Å². The molecule has 1 heterocycles. The number of carbonyl (C=O) groups excluding carboxylic acids is 1. The number of hydrogen-bond donors (Lipinski definition) is 1. The van der Waals surface area contributed by atoms with Crippen molar-refractivity contribution in [3.05, 3.63) is 35.9 Å². The molecule has 5 nitrogen and oxygen atoms in total. The third kappa shape index (κ3) is 4.30. The van der Waals surface area contributed by atoms with Gasteiger partial charge in [-0.2, -0.15) is 0 Å². The molecule has 1 atom stereocenters. The van der Waals surface area contributed by atoms with E-state index in [9.17, 15) is 13.2 Å². The van der Waals surface area contributed by atoms with E-state index < -0.39 is 10.0 Å². The van der Waals surface area contributed by atoms with E-state index in [-0.39, 0.29) is 29.9 Å². The Morgan fingerprint density at radius 1 is 1.32 bits per heavy atom. The molecule has 0 aliphatic carbocycles. The summed E-state index contributed by atoms with van der Waals surface area (Å²) in [6.45, 7) is 5.72. The van der Waals surface area contributed by atoms with Gasteiger partial charge in [-0.3, -0.25) is 4.79 Å². The monoisotopic (exact) mass is 324 g/mol. The van der Waals surface area contributed by atoms with E-state index in [0.717, 1.165) is 0 Å². The van der Waals surface area contributed by atoms with Crippen molar-refractivity contribution in [2.24, 2.45) is 10.6 Å². The van der Waals surface area contributed by atoms with Crippen LogP contribution in [0.1, 0.15) is 38.2 Å². The zero-order valence-electron chi connectivity index (χ0n) is 13.2. The number of benzene rings is 1. The van der Waals surface area contributed by atoms with E-state index >= 15 is 0 Å². The lowest BCUT2D eigenvalue weighted by atomic mass is 9.78. The molecule has 2 N–H and O–H groups in total. The third-order valence-corrected chi connectivity index (χ3v) is 5.18. The van der Waals surface area contributed by atoms with Crippen LogP contribution in [-0.2, 0) is 14.8 Å². The van der Waals surface area contributed by atoms with Gasteiger partial charge in [0.2, 0.25) is 15.9 Å². The van der Waals surface area contributed by atoms with Crippen LogP contribution in [0.4, 0.5) is 0 Å². The molecule has 1 aromatic carbocycles. The smallest absolute Gasteiger partial charge is 0.222 e. The number of likely N-dealkylation sites (tertiary alicyclic amines) is 1. The van der Waals surface area contributed by atoms with E-state index in [1.54, 1.807) is 0 Å². The predicted octanol–water partition coefficient (Wildman–Crippen LogP) is 1.71. The molecular formula is C16H24N2O3S. The molecule has 0 bridgehead atoms. The lowest BCUT2D eigenvalue weighted by Crippen LogP contribution is -2.30. The number of nitrogens with two attached hydrogens (primary N) is 1. The standard InChI is InChI=1S/C16H24N2O3S/c1-16(2)12-18(15(19)9-6-10-22(17,20)21)11-14(16)13-7-4-3-5-8-13/h3-5,7-8,14H,6,9-12H2,1-2H3,(H2,17,20,21)/t14-/m0/s1. The largest absolute Gasteiger partial charge is 0.342 e. The second kappa shape index (κ2) is 6.38. The van der Waals surface area contributed by atoms with E-state index in [1.807, 2.05) is 23.1 Å². The Balaban J connectivity index is 1.99. The van der Waals surface area contributed by atoms with Gasteiger partial charge in [0, 0.05) is 25.4 Å². The average Bonchev–Trinajstić information content (AvgIpc) is 2.74. The molecule has 122 valence electrons. The second-order valence-electron chi connectivity index (χ2n) is 6.70. The van der Waals surface area contributed by atoms with Crippen molar-refractivity contribution in [3.63, 3.8) is 0 Å². The molecule has 0 radical (unpaired) electrons. The van der Waals surface area contributed by atoms with Crippen LogP contribution in [0.3, 0.4) is 0 Å². The van der Waals surface area contributed by atoms with Gasteiger partial charge in [0.25, 0.3) is 0 Å². The van der Waals surface area contributed by atoms with Crippen LogP contribution in [-0.4, -0.2) is 38.1 Å². The van der Waals surface area contributed by atoms with Crippen molar-refractivity contribution < 1.29 is 13.2 Å². The fourth-order valence-corrected chi connectivity index (χ4v) is 3.70. The molecule has 2 rings (SSSR count). The van der Waals surface area contributed by atoms with Crippen molar-refractivity contribution in [2.45, 2.75) is 32.6 Å². The summed E-state index contributed by atoms with van der Waals surface area (Å²) in [5.74, 6) is 0.170. The van der Waals surface area contributed by atoms with Crippen LogP contribution in [0.5, 0.6) is 0 Å². The van der Waals surface area contributed by atoms with Crippen LogP contribution in [0, 0.1) is 5.41 Å². The summed E-state index contributed by atoms with van der Waals surface area (Å²) in [4.78, 5) is 14.1. The van der Waals surface area contributed by atoms with Gasteiger partial charge in [-0.15, -0.1) is 0 Å². The number of rotatable bonds is 5. The van der Waals surface area contributed by atoms with Gasteiger partial charge >= 0.3 is 0 Å². The number of sulfonamides is 1. The lowest BCUT2D eigenvalue weighted by Gasteiger charge is -2.25. The minimum absolute atomic E-state index is 0.00940. The summed E-state index contributed by atoms with van der Waals surface area (Å²) in [7, 11) is -3.49. The first-order valence-electron chi connectivity index (χ1n) is 7.52. The predicted molar refractivity (Wildman–Crippen MR) is 86.8 cm³/mol. The average molecular weight is 324 g/mol. The van der Waals surface area contributed by atoms with Gasteiger partial charge in [-0.05, 0) is 17.4 Å². The van der Waals surface area contributed by atoms with E-state index in [4.69, 9.17) is 5.14 Å². The highest BCUT2D eigenvalue weighted by atomic mass is 32.2. The number of nitrogens with zero attached hydrogens (tertiary/aromatic N) is 1. The summed E-state index contributed by atoms with van der Waals surface area (Å²) in [5.41, 5.74) is 1.25. The molecule has 1 aliphatic heterocycles. The molecule has 0 unspecified atom stereocenters. The van der Waals surface area contributed by atoms with E-state index in [2.05, 4.69) is 26.0 Å². The van der Waals surface area contributed by atoms with Gasteiger partial charge < -0.3 is 4.90 Å². The highest BCUT2D eigenvalue weighted by Gasteiger charge is 2.41. The number of amides is 1. The molecule has 0 aromatic heterocycles. The Morgan fingerprint density at radius 3 is 2.55 bits per heavy atom. The first-order valence-corrected chi connectivity index (χ1v) is 9.24. The number of primary sulfonamides is 1. The van der Waals surface area contributed by atoms with Crippen LogP contribution in [0.2, 0.25) is 0 Å². The van der Waals surface area contributed by atoms with Gasteiger partial charge in [0.15, 0.2) is 0 Å². The number of carbonyl (C=O) groups is 1. The van der Waals surface area contributed by atoms with Crippen LogP contribution < -0.4 is 5.14 Å². The molecule has 22 heavy (non-hydrogen) atoms. The van der Waals surface area contributed by atoms with Gasteiger partial charge in [-0.25, -0.2) is 13.6 Å². The summed E-state index contributed by atoms with van der Waals surface area (Å²) in [5, 5.41) is 4.96. The molecule has 0 saturated carbocycles. The van der Waals surface area contributed by atoms with Gasteiger partial charge in [0.05, 0.1) is 5.75 Å². The Labute approximate surface area is 132 Å². The zero-order valence-corrected chi connectivity index (χ0v) is 14.0. The summed E-state index contributed by atoms with van der Waals surface area (Å²) >= 11 is 0. The van der Waals surface area contributed by atoms with Crippen LogP contribution in [0.15, 0.2) is 30.3 Å². The Hall–Kier alpha value is -1.40. The molecule has 1 saturated heterocycles. The summed E-state index contributed by atoms with van der Waals surface area (Å²) in [6, 6.07) is 10.2. The van der Waals surface area contributed by atoms with Gasteiger partial charge in [-0.1, -0.05) is 44.2 Å². The summed E-state index contributed by atoms with van der Waals surface area (Å²) < 4.78 is 21.9. The summed E-state index contributed by atoms with van der Waals surface area (Å²) in [6.07, 6.45) is 0.513. The van der Waals surface area contributed by atoms with Crippen molar-refractivity contribution in [2.75, 3.05) is 18.8 Å². The van der Waals surface area contributed by atoms with Crippen molar-refractivity contribution >= 4 is 15.9 Å². The highest BCUT2D eigenvalue weighted by molar-refractivity contribution is 7.89. The first-order chi connectivity index (χ1) is 10.2. The lowest BCUT2D eigenvalue weighted by molar-refractivity contribution is -0.130. The topological polar surface area (TPSA) is 80.5 Å². The van der Waals surface area contributed by atoms with Crippen molar-refractivity contribution in [1.82, 2.24) is 4.90 Å². The fraction of sp³-hybridized carbons (Fsp3) is 0.562. The Bertz CT molecular complexity index is 626. The Morgan fingerprint density at radius 2 is 1.95 bits per heavy atom. The second-order valence-corrected chi connectivity index (χ2v) is 8.43. The van der Waals surface area contributed by atoms with E-state index in [0.29, 0.717) is 19.0 Å². The SMILES string of the molecule is CC1(C)CN(C(=O)CCCS(N)(=O)=O)C[C@H]1c1ccccc1. The molecule has 6 heteroatoms. The fourth-order valence-electron chi connectivity index (χ4n) is 3.15. The molecule has 1 amide bonds. The minimum atomic E-state index is -3.49. The first kappa shape index (κ1) is 17.0. The Kier molecular flexibility index (Phi) is 4.92. The van der Waals surface area contributed by atoms with Crippen molar-refractivity contribution in [1.29, 1.82) is 0 Å². The maximum absolute atomic E-state index is 12.3. The van der Waals surface area contributed by atoms with Crippen molar-refractivity contribution in [3.8, 4) is 0 Å². The highest BCUT2D eigenvalue weighted by Crippen LogP contribution is 2.42. The molecular weight excluding hydrogens is 300 g/mol. The maximum Gasteiger partial charge on any atom is 0.222 e. The van der Waals surface area contributed by atoms with Crippen LogP contribution in [0.25, 0.3) is 0 Å². The number of hydrogen-bond acceptors (Lipinski definition) is 3.